The monoisotopic (exact) mass is 546 g/mol. The zero-order valence-corrected chi connectivity index (χ0v) is 23.4. The predicted octanol–water partition coefficient (Wildman–Crippen LogP) is 5.91. The van der Waals surface area contributed by atoms with E-state index in [9.17, 15) is 15.0 Å². The summed E-state index contributed by atoms with van der Waals surface area (Å²) in [7, 11) is 0. The highest BCUT2D eigenvalue weighted by Gasteiger charge is 2.32. The first-order valence-electron chi connectivity index (χ1n) is 13.7. The zero-order chi connectivity index (χ0) is 29.0. The largest absolute Gasteiger partial charge is 0.489 e. The van der Waals surface area contributed by atoms with E-state index in [0.717, 1.165) is 12.8 Å². The second-order valence-corrected chi connectivity index (χ2v) is 10.0. The van der Waals surface area contributed by atoms with Crippen LogP contribution in [0.25, 0.3) is 21.9 Å². The number of fused-ring (bicyclic) bond motifs is 2. The first kappa shape index (κ1) is 30.8. The molecule has 0 saturated heterocycles. The lowest BCUT2D eigenvalue weighted by molar-refractivity contribution is -0.118. The molecule has 0 spiro atoms. The molecule has 3 atom stereocenters. The number of ether oxygens (including phenoxy) is 2. The van der Waals surface area contributed by atoms with Crippen LogP contribution in [0.3, 0.4) is 0 Å². The summed E-state index contributed by atoms with van der Waals surface area (Å²) in [6.07, 6.45) is 11.0. The summed E-state index contributed by atoms with van der Waals surface area (Å²) in [6, 6.07) is 6.30. The molecule has 2 aromatic heterocycles. The average Bonchev–Trinajstić information content (AvgIpc) is 3.40. The van der Waals surface area contributed by atoms with Gasteiger partial charge < -0.3 is 28.5 Å². The molecular weight excluding hydrogens is 508 g/mol. The second kappa shape index (κ2) is 15.1. The molecule has 0 radical (unpaired) electrons. The van der Waals surface area contributed by atoms with E-state index in [2.05, 4.69) is 37.2 Å². The Kier molecular flexibility index (Phi) is 11.7. The van der Waals surface area contributed by atoms with E-state index in [1.807, 2.05) is 6.08 Å². The number of aliphatic hydroxyl groups is 2. The van der Waals surface area contributed by atoms with Crippen LogP contribution < -0.4 is 10.4 Å². The minimum atomic E-state index is -1.06. The van der Waals surface area contributed by atoms with E-state index in [1.54, 1.807) is 38.1 Å². The van der Waals surface area contributed by atoms with E-state index in [-0.39, 0.29) is 6.61 Å². The van der Waals surface area contributed by atoms with Crippen molar-refractivity contribution < 1.29 is 28.5 Å². The summed E-state index contributed by atoms with van der Waals surface area (Å²) in [4.78, 5) is 11.7. The summed E-state index contributed by atoms with van der Waals surface area (Å²) >= 11 is 0. The molecule has 0 bridgehead atoms. The third-order valence-electron chi connectivity index (χ3n) is 6.43. The lowest BCUT2D eigenvalue weighted by Gasteiger charge is -2.32. The van der Waals surface area contributed by atoms with Crippen molar-refractivity contribution in [2.75, 3.05) is 6.61 Å². The summed E-state index contributed by atoms with van der Waals surface area (Å²) < 4.78 is 22.8. The zero-order valence-electron chi connectivity index (χ0n) is 23.4. The van der Waals surface area contributed by atoms with Gasteiger partial charge >= 0.3 is 5.63 Å². The van der Waals surface area contributed by atoms with Gasteiger partial charge in [0.2, 0.25) is 0 Å². The highest BCUT2D eigenvalue weighted by atomic mass is 16.5. The van der Waals surface area contributed by atoms with Gasteiger partial charge in [-0.05, 0) is 56.7 Å². The van der Waals surface area contributed by atoms with Crippen molar-refractivity contribution in [2.24, 2.45) is 0 Å². The van der Waals surface area contributed by atoms with Gasteiger partial charge in [-0.2, -0.15) is 0 Å². The van der Waals surface area contributed by atoms with Gasteiger partial charge in [0.15, 0.2) is 0 Å². The summed E-state index contributed by atoms with van der Waals surface area (Å²) in [6.45, 7) is 9.28. The van der Waals surface area contributed by atoms with Crippen molar-refractivity contribution >= 4 is 21.9 Å². The van der Waals surface area contributed by atoms with Gasteiger partial charge in [-0.1, -0.05) is 63.2 Å². The molecule has 40 heavy (non-hydrogen) atoms. The number of rotatable bonds is 14. The molecule has 0 fully saturated rings. The van der Waals surface area contributed by atoms with Crippen LogP contribution in [0.2, 0.25) is 0 Å². The molecule has 0 aliphatic rings. The Morgan fingerprint density at radius 2 is 1.80 bits per heavy atom. The molecule has 0 aliphatic carbocycles. The first-order valence-corrected chi connectivity index (χ1v) is 13.7. The number of benzene rings is 1. The van der Waals surface area contributed by atoms with Crippen LogP contribution >= 0.6 is 0 Å². The van der Waals surface area contributed by atoms with Gasteiger partial charge in [0.05, 0.1) is 22.6 Å². The number of hydrogen-bond acceptors (Lipinski definition) is 7. The molecular formula is C33H38O7. The number of allylic oxidation sites excluding steroid dienone is 1. The molecule has 7 heteroatoms. The highest BCUT2D eigenvalue weighted by Crippen LogP contribution is 2.35. The molecule has 3 aromatic rings. The molecule has 3 rings (SSSR count). The minimum Gasteiger partial charge on any atom is -0.489 e. The Balaban J connectivity index is 1.57. The molecule has 7 nitrogen and oxygen atoms in total. The van der Waals surface area contributed by atoms with Crippen molar-refractivity contribution in [2.45, 2.75) is 83.2 Å². The lowest BCUT2D eigenvalue weighted by atomic mass is 10.0. The maximum absolute atomic E-state index is 11.7. The quantitative estimate of drug-likeness (QED) is 0.112. The van der Waals surface area contributed by atoms with E-state index >= 15 is 0 Å². The van der Waals surface area contributed by atoms with Gasteiger partial charge in [0.1, 0.15) is 41.8 Å². The van der Waals surface area contributed by atoms with Gasteiger partial charge in [-0.25, -0.2) is 4.79 Å². The third kappa shape index (κ3) is 8.89. The number of unbranched alkanes of at least 4 members (excludes halogenated alkanes) is 5. The summed E-state index contributed by atoms with van der Waals surface area (Å²) in [5, 5.41) is 22.2. The van der Waals surface area contributed by atoms with Crippen LogP contribution in [-0.4, -0.2) is 40.7 Å². The van der Waals surface area contributed by atoms with E-state index in [0.29, 0.717) is 27.7 Å². The Morgan fingerprint density at radius 3 is 2.58 bits per heavy atom. The number of hydrogen-bond donors (Lipinski definition) is 2. The van der Waals surface area contributed by atoms with Crippen molar-refractivity contribution in [3.8, 4) is 29.4 Å². The van der Waals surface area contributed by atoms with Crippen LogP contribution in [0.15, 0.2) is 69.0 Å². The fourth-order valence-electron chi connectivity index (χ4n) is 4.03. The van der Waals surface area contributed by atoms with Gasteiger partial charge in [-0.15, -0.1) is 0 Å². The molecule has 212 valence electrons. The summed E-state index contributed by atoms with van der Waals surface area (Å²) in [5.74, 6) is 11.3. The Bertz CT molecular complexity index is 1470. The normalized spacial score (nSPS) is 13.8. The molecule has 0 aliphatic heterocycles. The fraction of sp³-hybridized carbons (Fsp3) is 0.424. The van der Waals surface area contributed by atoms with E-state index < -0.39 is 29.5 Å². The molecule has 2 heterocycles. The second-order valence-electron chi connectivity index (χ2n) is 10.0. The van der Waals surface area contributed by atoms with Crippen molar-refractivity contribution in [3.05, 3.63) is 65.8 Å². The van der Waals surface area contributed by atoms with Crippen LogP contribution in [0, 0.1) is 23.7 Å². The first-order chi connectivity index (χ1) is 19.2. The van der Waals surface area contributed by atoms with Gasteiger partial charge in [-0.3, -0.25) is 0 Å². The van der Waals surface area contributed by atoms with Crippen LogP contribution in [-0.2, 0) is 4.74 Å². The Morgan fingerprint density at radius 1 is 1.05 bits per heavy atom. The molecule has 0 saturated carbocycles. The van der Waals surface area contributed by atoms with Crippen molar-refractivity contribution in [3.63, 3.8) is 0 Å². The molecule has 1 aromatic carbocycles. The predicted molar refractivity (Wildman–Crippen MR) is 157 cm³/mol. The standard InChI is InChI=1S/C33H38O7/c1-5-7-8-9-10-11-12-15-24(34)16-13-14-17-25(6-2)40-33(3,4)30(35)23-38-32-26-18-19-31(36)39-29(26)22-28-27(32)20-21-37-28/h6,12,15,18-22,24-25,30,34-35H,2,5,7-11,23H2,1,3-4H3/b15-12-. The number of aliphatic hydroxyl groups excluding tert-OH is 2. The molecule has 0 amide bonds. The van der Waals surface area contributed by atoms with Gasteiger partial charge in [0.25, 0.3) is 0 Å². The Hall–Kier alpha value is -3.75. The third-order valence-corrected chi connectivity index (χ3v) is 6.43. The minimum absolute atomic E-state index is 0.111. The Labute approximate surface area is 235 Å². The topological polar surface area (TPSA) is 102 Å². The van der Waals surface area contributed by atoms with Crippen LogP contribution in [0.5, 0.6) is 5.75 Å². The van der Waals surface area contributed by atoms with E-state index in [4.69, 9.17) is 18.3 Å². The smallest absolute Gasteiger partial charge is 0.336 e. The SMILES string of the molecule is C=CC(C#CC#CC(O)/C=C\CCCCCCC)OC(C)(C)C(O)COc1c2ccoc2cc2oc(=O)ccc12. The summed E-state index contributed by atoms with van der Waals surface area (Å²) in [5.41, 5.74) is -0.735. The van der Waals surface area contributed by atoms with Crippen molar-refractivity contribution in [1.29, 1.82) is 0 Å². The maximum Gasteiger partial charge on any atom is 0.336 e. The van der Waals surface area contributed by atoms with Crippen LogP contribution in [0.4, 0.5) is 0 Å². The lowest BCUT2D eigenvalue weighted by Crippen LogP contribution is -2.44. The molecule has 2 N–H and O–H groups in total. The fourth-order valence-corrected chi connectivity index (χ4v) is 4.03. The van der Waals surface area contributed by atoms with Crippen molar-refractivity contribution in [1.82, 2.24) is 0 Å². The maximum atomic E-state index is 11.7. The highest BCUT2D eigenvalue weighted by molar-refractivity contribution is 6.01. The number of furan rings is 1. The molecule has 3 unspecified atom stereocenters. The van der Waals surface area contributed by atoms with Crippen LogP contribution in [0.1, 0.15) is 59.3 Å². The van der Waals surface area contributed by atoms with Gasteiger partial charge in [0, 0.05) is 12.1 Å². The van der Waals surface area contributed by atoms with E-state index in [1.165, 1.54) is 44.1 Å². The average molecular weight is 547 g/mol.